The molecule has 2 aromatic rings. The van der Waals surface area contributed by atoms with Crippen molar-refractivity contribution in [1.29, 1.82) is 0 Å². The number of piperidine rings is 1. The predicted octanol–water partition coefficient (Wildman–Crippen LogP) is 5.03. The summed E-state index contributed by atoms with van der Waals surface area (Å²) in [4.78, 5) is 39.7. The highest BCUT2D eigenvalue weighted by Gasteiger charge is 2.44. The topological polar surface area (TPSA) is 114 Å². The Morgan fingerprint density at radius 2 is 1.85 bits per heavy atom. The van der Waals surface area contributed by atoms with E-state index >= 15 is 0 Å². The first-order valence-electron chi connectivity index (χ1n) is 13.7. The number of nitrogens with zero attached hydrogens (tertiary/aromatic N) is 1. The van der Waals surface area contributed by atoms with E-state index in [0.717, 1.165) is 5.56 Å². The minimum absolute atomic E-state index is 0.162. The number of para-hydroxylation sites is 1. The van der Waals surface area contributed by atoms with Gasteiger partial charge in [-0.25, -0.2) is 0 Å². The van der Waals surface area contributed by atoms with Gasteiger partial charge in [-0.3, -0.25) is 14.4 Å². The maximum Gasteiger partial charge on any atom is 0.306 e. The summed E-state index contributed by atoms with van der Waals surface area (Å²) in [7, 11) is 0. The van der Waals surface area contributed by atoms with Crippen molar-refractivity contribution in [2.24, 2.45) is 11.3 Å². The quantitative estimate of drug-likeness (QED) is 0.518. The second-order valence-corrected chi connectivity index (χ2v) is 12.1. The fourth-order valence-corrected chi connectivity index (χ4v) is 6.08. The van der Waals surface area contributed by atoms with Crippen molar-refractivity contribution >= 4 is 35.1 Å². The molecule has 2 N–H and O–H groups in total. The van der Waals surface area contributed by atoms with Crippen LogP contribution in [0, 0.1) is 11.3 Å². The monoisotopic (exact) mass is 570 g/mol. The molecule has 0 spiro atoms. The number of rotatable bonds is 5. The lowest BCUT2D eigenvalue weighted by atomic mass is 9.71. The van der Waals surface area contributed by atoms with E-state index in [1.54, 1.807) is 23.1 Å². The van der Waals surface area contributed by atoms with Crippen LogP contribution < -0.4 is 14.8 Å². The largest absolute Gasteiger partial charge is 0.486 e. The zero-order valence-corrected chi connectivity index (χ0v) is 23.7. The zero-order chi connectivity index (χ0) is 28.6. The first-order valence-corrected chi connectivity index (χ1v) is 14.1. The second kappa shape index (κ2) is 11.3. The third-order valence-electron chi connectivity index (χ3n) is 7.91. The lowest BCUT2D eigenvalue weighted by Gasteiger charge is -2.40. The minimum atomic E-state index is -1.07. The molecule has 214 valence electrons. The smallest absolute Gasteiger partial charge is 0.306 e. The van der Waals surface area contributed by atoms with Crippen molar-refractivity contribution in [3.63, 3.8) is 0 Å². The maximum absolute atomic E-state index is 13.4. The van der Waals surface area contributed by atoms with Crippen molar-refractivity contribution in [1.82, 2.24) is 4.90 Å². The number of benzene rings is 2. The molecule has 5 rings (SSSR count). The molecule has 0 saturated carbocycles. The number of carboxylic acids is 1. The molecular weight excluding hydrogens is 536 g/mol. The molecule has 3 aliphatic heterocycles. The number of hydrogen-bond donors (Lipinski definition) is 2. The first-order chi connectivity index (χ1) is 19.0. The molecule has 3 atom stereocenters. The number of carbonyl (C=O) groups is 3. The lowest BCUT2D eigenvalue weighted by Crippen LogP contribution is -2.43. The van der Waals surface area contributed by atoms with Crippen LogP contribution in [0.5, 0.6) is 11.5 Å². The molecule has 1 fully saturated rings. The molecule has 3 heterocycles. The summed E-state index contributed by atoms with van der Waals surface area (Å²) in [5.74, 6) is -0.959. The van der Waals surface area contributed by atoms with Gasteiger partial charge in [0.2, 0.25) is 5.91 Å². The molecule has 0 aromatic heterocycles. The van der Waals surface area contributed by atoms with Crippen LogP contribution >= 0.6 is 11.6 Å². The van der Waals surface area contributed by atoms with Gasteiger partial charge in [-0.2, -0.15) is 0 Å². The number of halogens is 1. The molecule has 0 aliphatic carbocycles. The van der Waals surface area contributed by atoms with Crippen LogP contribution in [0.25, 0.3) is 0 Å². The van der Waals surface area contributed by atoms with E-state index in [1.165, 1.54) is 0 Å². The van der Waals surface area contributed by atoms with Gasteiger partial charge >= 0.3 is 5.97 Å². The summed E-state index contributed by atoms with van der Waals surface area (Å²) in [5, 5.41) is 12.8. The molecule has 3 aliphatic rings. The summed E-state index contributed by atoms with van der Waals surface area (Å²) in [6, 6.07) is 11.0. The Balaban J connectivity index is 1.50. The summed E-state index contributed by atoms with van der Waals surface area (Å²) < 4.78 is 18.6. The Morgan fingerprint density at radius 1 is 1.12 bits per heavy atom. The van der Waals surface area contributed by atoms with Gasteiger partial charge < -0.3 is 29.5 Å². The number of hydrogen-bond acceptors (Lipinski definition) is 6. The van der Waals surface area contributed by atoms with Crippen LogP contribution in [0.1, 0.15) is 63.2 Å². The van der Waals surface area contributed by atoms with Crippen LogP contribution in [-0.4, -0.2) is 60.2 Å². The van der Waals surface area contributed by atoms with Gasteiger partial charge in [0.1, 0.15) is 19.3 Å². The highest BCUT2D eigenvalue weighted by molar-refractivity contribution is 6.30. The number of nitrogens with one attached hydrogen (secondary N) is 1. The zero-order valence-electron chi connectivity index (χ0n) is 22.9. The summed E-state index contributed by atoms with van der Waals surface area (Å²) in [6.07, 6.45) is -1.11. The highest BCUT2D eigenvalue weighted by atomic mass is 35.5. The average Bonchev–Trinajstić information content (AvgIpc) is 3.04. The van der Waals surface area contributed by atoms with Gasteiger partial charge in [0, 0.05) is 40.8 Å². The Hall–Kier alpha value is -3.30. The number of aliphatic carboxylic acids is 1. The number of fused-ring (bicyclic) bond motifs is 2. The Labute approximate surface area is 238 Å². The van der Waals surface area contributed by atoms with E-state index in [2.05, 4.69) is 26.1 Å². The highest BCUT2D eigenvalue weighted by Crippen LogP contribution is 2.53. The molecular formula is C30H35ClN2O7. The molecule has 40 heavy (non-hydrogen) atoms. The first kappa shape index (κ1) is 28.2. The van der Waals surface area contributed by atoms with Gasteiger partial charge in [-0.1, -0.05) is 44.5 Å². The summed E-state index contributed by atoms with van der Waals surface area (Å²) >= 11 is 6.45. The molecule has 1 unspecified atom stereocenters. The van der Waals surface area contributed by atoms with Gasteiger partial charge in [-0.15, -0.1) is 0 Å². The summed E-state index contributed by atoms with van der Waals surface area (Å²) in [5.41, 5.74) is 1.80. The van der Waals surface area contributed by atoms with E-state index in [1.807, 2.05) is 18.2 Å². The van der Waals surface area contributed by atoms with Gasteiger partial charge in [0.05, 0.1) is 18.4 Å². The van der Waals surface area contributed by atoms with Crippen LogP contribution in [-0.2, 0) is 19.1 Å². The molecule has 2 aromatic carbocycles. The Morgan fingerprint density at radius 3 is 2.55 bits per heavy atom. The van der Waals surface area contributed by atoms with Crippen molar-refractivity contribution in [2.75, 3.05) is 31.6 Å². The standard InChI is InChI=1S/C30H35ClN2O7/c1-30(2,3)25(19-5-4-6-22-26(19)39-14-13-38-22)27-20-15-18(31)7-8-21(20)32-28(35)23(40-27)16-24(34)33-11-9-17(10-12-33)29(36)37/h4-8,15,17,23,25,27H,9-14,16H2,1-3H3,(H,32,35)(H,36,37)/t23-,25?,27+/m0/s1. The molecule has 0 radical (unpaired) electrons. The second-order valence-electron chi connectivity index (χ2n) is 11.7. The SMILES string of the molecule is CC(C)(C)C(c1cccc2c1OCCO2)[C@@H]1O[C@@H](CC(=O)N2CCC(C(=O)O)CC2)C(=O)Nc2ccc(Cl)cc21. The van der Waals surface area contributed by atoms with Crippen molar-refractivity contribution in [3.8, 4) is 11.5 Å². The maximum atomic E-state index is 13.4. The Kier molecular flexibility index (Phi) is 7.97. The molecule has 1 saturated heterocycles. The van der Waals surface area contributed by atoms with Crippen molar-refractivity contribution in [3.05, 3.63) is 52.5 Å². The fourth-order valence-electron chi connectivity index (χ4n) is 5.90. The number of carboxylic acid groups (broad SMARTS) is 1. The van der Waals surface area contributed by atoms with E-state index in [-0.39, 0.29) is 23.7 Å². The van der Waals surface area contributed by atoms with Crippen LogP contribution in [0.2, 0.25) is 5.02 Å². The number of ether oxygens (including phenoxy) is 3. The molecule has 10 heteroatoms. The van der Waals surface area contributed by atoms with E-state index in [9.17, 15) is 19.5 Å². The van der Waals surface area contributed by atoms with Gasteiger partial charge in [0.25, 0.3) is 5.91 Å². The average molecular weight is 571 g/mol. The molecule has 2 amide bonds. The summed E-state index contributed by atoms with van der Waals surface area (Å²) in [6.45, 7) is 7.85. The number of anilines is 1. The van der Waals surface area contributed by atoms with Gasteiger partial charge in [-0.05, 0) is 42.5 Å². The van der Waals surface area contributed by atoms with Crippen LogP contribution in [0.3, 0.4) is 0 Å². The third kappa shape index (κ3) is 5.76. The number of likely N-dealkylation sites (tertiary alicyclic amines) is 1. The van der Waals surface area contributed by atoms with Crippen molar-refractivity contribution < 1.29 is 33.7 Å². The molecule has 0 bridgehead atoms. The van der Waals surface area contributed by atoms with E-state index in [0.29, 0.717) is 66.9 Å². The number of amides is 2. The number of carbonyl (C=O) groups excluding carboxylic acids is 2. The van der Waals surface area contributed by atoms with Crippen molar-refractivity contribution in [2.45, 2.75) is 58.2 Å². The normalized spacial score (nSPS) is 22.1. The van der Waals surface area contributed by atoms with Gasteiger partial charge in [0.15, 0.2) is 11.5 Å². The third-order valence-corrected chi connectivity index (χ3v) is 8.14. The lowest BCUT2D eigenvalue weighted by molar-refractivity contribution is -0.149. The van der Waals surface area contributed by atoms with Crippen LogP contribution in [0.15, 0.2) is 36.4 Å². The van der Waals surface area contributed by atoms with E-state index < -0.39 is 30.0 Å². The van der Waals surface area contributed by atoms with E-state index in [4.69, 9.17) is 25.8 Å². The molecule has 9 nitrogen and oxygen atoms in total. The van der Waals surface area contributed by atoms with Crippen LogP contribution in [0.4, 0.5) is 5.69 Å². The Bertz CT molecular complexity index is 1300. The predicted molar refractivity (Wildman–Crippen MR) is 149 cm³/mol. The minimum Gasteiger partial charge on any atom is -0.486 e. The fraction of sp³-hybridized carbons (Fsp3) is 0.500.